The van der Waals surface area contributed by atoms with Crippen molar-refractivity contribution in [2.75, 3.05) is 36.0 Å². The average molecular weight is 662 g/mol. The van der Waals surface area contributed by atoms with Gasteiger partial charge >= 0.3 is 10.3 Å². The highest BCUT2D eigenvalue weighted by atomic mass is 35.5. The summed E-state index contributed by atoms with van der Waals surface area (Å²) >= 11 is 3.21. The maximum Gasteiger partial charge on any atom is 0.408 e. The molecule has 0 aliphatic carbocycles. The van der Waals surface area contributed by atoms with Crippen LogP contribution in [0.4, 0.5) is 33.0 Å². The number of hydrogen-bond acceptors (Lipinski definition) is 8. The Hall–Kier alpha value is -2.92. The van der Waals surface area contributed by atoms with Crippen molar-refractivity contribution in [3.8, 4) is 0 Å². The van der Waals surface area contributed by atoms with Crippen molar-refractivity contribution in [2.45, 2.75) is 60.0 Å². The molecule has 4 rings (SSSR count). The van der Waals surface area contributed by atoms with E-state index in [9.17, 15) is 0 Å². The first-order valence-electron chi connectivity index (χ1n) is 14.6. The van der Waals surface area contributed by atoms with Crippen LogP contribution in [-0.2, 0) is 13.1 Å². The van der Waals surface area contributed by atoms with Gasteiger partial charge in [0.25, 0.3) is 0 Å². The molecule has 0 fully saturated rings. The third-order valence-corrected chi connectivity index (χ3v) is 8.62. The lowest BCUT2D eigenvalue weighted by Crippen LogP contribution is -3.00. The first-order chi connectivity index (χ1) is 20.1. The summed E-state index contributed by atoms with van der Waals surface area (Å²) in [4.78, 5) is 4.88. The highest BCUT2D eigenvalue weighted by Crippen LogP contribution is 2.25. The fourth-order valence-electron chi connectivity index (χ4n) is 4.62. The summed E-state index contributed by atoms with van der Waals surface area (Å²) in [7, 11) is 0. The zero-order chi connectivity index (χ0) is 28.9. The van der Waals surface area contributed by atoms with E-state index in [2.05, 4.69) is 116 Å². The van der Waals surface area contributed by atoms with Crippen LogP contribution in [0.5, 0.6) is 0 Å². The van der Waals surface area contributed by atoms with Gasteiger partial charge in [-0.3, -0.25) is 0 Å². The SMILES string of the molecule is CCN(CCCCCN(CC)c1ccc(N=Nc2scc[n+]2CC)cc1)c1ccc(N=Nc2scc[n+]2CC)cc1.[Cl-].[Cl-]. The Morgan fingerprint density at radius 2 is 0.953 bits per heavy atom. The molecule has 4 aromatic rings. The van der Waals surface area contributed by atoms with Crippen molar-refractivity contribution in [1.82, 2.24) is 0 Å². The van der Waals surface area contributed by atoms with Gasteiger partial charge in [0.15, 0.2) is 0 Å². The van der Waals surface area contributed by atoms with Crippen LogP contribution in [0.1, 0.15) is 47.0 Å². The second-order valence-corrected chi connectivity index (χ2v) is 11.3. The highest BCUT2D eigenvalue weighted by molar-refractivity contribution is 7.13. The quantitative estimate of drug-likeness (QED) is 0.105. The smallest absolute Gasteiger partial charge is 0.408 e. The number of aryl methyl sites for hydroxylation is 2. The molecule has 0 radical (unpaired) electrons. The zero-order valence-corrected chi connectivity index (χ0v) is 28.6. The van der Waals surface area contributed by atoms with Gasteiger partial charge in [0, 0.05) is 48.3 Å². The molecule has 0 amide bonds. The van der Waals surface area contributed by atoms with Crippen molar-refractivity contribution in [1.29, 1.82) is 0 Å². The number of aromatic nitrogens is 2. The minimum Gasteiger partial charge on any atom is -1.00 e. The molecule has 0 unspecified atom stereocenters. The van der Waals surface area contributed by atoms with Crippen molar-refractivity contribution in [3.05, 3.63) is 71.7 Å². The monoisotopic (exact) mass is 660 g/mol. The summed E-state index contributed by atoms with van der Waals surface area (Å²) < 4.78 is 4.19. The third kappa shape index (κ3) is 10.6. The molecule has 0 N–H and O–H groups in total. The molecule has 0 spiro atoms. The van der Waals surface area contributed by atoms with Crippen molar-refractivity contribution in [2.24, 2.45) is 20.5 Å². The molecule has 2 aromatic heterocycles. The maximum absolute atomic E-state index is 4.43. The summed E-state index contributed by atoms with van der Waals surface area (Å²) in [6.07, 6.45) is 7.62. The fraction of sp³-hybridized carbons (Fsp3) is 0.419. The number of thiazole rings is 2. The number of nitrogens with zero attached hydrogens (tertiary/aromatic N) is 8. The van der Waals surface area contributed by atoms with Crippen LogP contribution in [0.25, 0.3) is 0 Å². The molecule has 0 aliphatic rings. The predicted octanol–water partition coefficient (Wildman–Crippen LogP) is 2.79. The Labute approximate surface area is 276 Å². The number of halogens is 2. The van der Waals surface area contributed by atoms with Crippen LogP contribution in [-0.4, -0.2) is 26.2 Å². The van der Waals surface area contributed by atoms with Crippen LogP contribution in [0.3, 0.4) is 0 Å². The summed E-state index contributed by atoms with van der Waals surface area (Å²) in [5.74, 6) is 0. The van der Waals surface area contributed by atoms with Gasteiger partial charge in [-0.1, -0.05) is 0 Å². The number of benzene rings is 2. The topological polar surface area (TPSA) is 63.7 Å². The summed E-state index contributed by atoms with van der Waals surface area (Å²) in [6.45, 7) is 14.5. The van der Waals surface area contributed by atoms with Crippen molar-refractivity contribution < 1.29 is 33.9 Å². The normalized spacial score (nSPS) is 11.1. The molecule has 8 nitrogen and oxygen atoms in total. The van der Waals surface area contributed by atoms with Gasteiger partial charge in [0.2, 0.25) is 0 Å². The number of unbranched alkanes of at least 4 members (excludes halogenated alkanes) is 2. The number of azo groups is 2. The standard InChI is InChI=1S/C31H42N8S2.2ClH/c1-5-36(28-16-12-26(13-17-28)32-34-30-38(7-3)22-24-40-30)20-10-9-11-21-37(6-2)29-18-14-27(15-19-29)33-35-31-39(8-4)23-25-41-31;;/h12-19,22-25H,5-11,20-21H2,1-4H3;2*1H/q+2;;/p-2. The lowest BCUT2D eigenvalue weighted by atomic mass is 10.2. The molecule has 12 heteroatoms. The van der Waals surface area contributed by atoms with Crippen LogP contribution < -0.4 is 43.7 Å². The van der Waals surface area contributed by atoms with Gasteiger partial charge in [-0.2, -0.15) is 0 Å². The third-order valence-electron chi connectivity index (χ3n) is 7.05. The molecule has 43 heavy (non-hydrogen) atoms. The predicted molar refractivity (Wildman–Crippen MR) is 171 cm³/mol. The maximum atomic E-state index is 4.43. The molecule has 0 atom stereocenters. The Bertz CT molecular complexity index is 1280. The fourth-order valence-corrected chi connectivity index (χ4v) is 6.10. The van der Waals surface area contributed by atoms with Crippen LogP contribution >= 0.6 is 22.7 Å². The first-order valence-corrected chi connectivity index (χ1v) is 16.4. The second kappa shape index (κ2) is 19.4. The summed E-state index contributed by atoms with van der Waals surface area (Å²) in [5, 5.41) is 23.6. The Morgan fingerprint density at radius 3 is 1.30 bits per heavy atom. The summed E-state index contributed by atoms with van der Waals surface area (Å²) in [6, 6.07) is 16.9. The number of anilines is 2. The van der Waals surface area contributed by atoms with E-state index in [1.54, 1.807) is 22.7 Å². The van der Waals surface area contributed by atoms with Gasteiger partial charge in [-0.05, 0) is 128 Å². The van der Waals surface area contributed by atoms with Gasteiger partial charge in [-0.25, -0.2) is 9.13 Å². The van der Waals surface area contributed by atoms with Crippen LogP contribution in [0.2, 0.25) is 0 Å². The zero-order valence-electron chi connectivity index (χ0n) is 25.4. The first kappa shape index (κ1) is 36.3. The Kier molecular flexibility index (Phi) is 16.3. The molecular formula is C31H42Cl2N8S2. The van der Waals surface area contributed by atoms with Gasteiger partial charge in [0.05, 0.1) is 23.3 Å². The molecule has 0 aliphatic heterocycles. The van der Waals surface area contributed by atoms with Crippen LogP contribution in [0.15, 0.2) is 92.1 Å². The molecule has 2 heterocycles. The second-order valence-electron chi connectivity index (χ2n) is 9.60. The molecule has 2 aromatic carbocycles. The van der Waals surface area contributed by atoms with Gasteiger partial charge in [-0.15, -0.1) is 0 Å². The van der Waals surface area contributed by atoms with E-state index in [0.717, 1.165) is 60.9 Å². The lowest BCUT2D eigenvalue weighted by Gasteiger charge is -2.25. The molecule has 0 saturated carbocycles. The van der Waals surface area contributed by atoms with E-state index in [0.29, 0.717) is 0 Å². The molecular weight excluding hydrogens is 619 g/mol. The lowest BCUT2D eigenvalue weighted by molar-refractivity contribution is -0.677. The van der Waals surface area contributed by atoms with E-state index in [1.165, 1.54) is 30.6 Å². The number of rotatable bonds is 16. The van der Waals surface area contributed by atoms with E-state index >= 15 is 0 Å². The van der Waals surface area contributed by atoms with Crippen LogP contribution in [0, 0.1) is 0 Å². The van der Waals surface area contributed by atoms with E-state index in [4.69, 9.17) is 0 Å². The summed E-state index contributed by atoms with van der Waals surface area (Å²) in [5.41, 5.74) is 4.23. The van der Waals surface area contributed by atoms with Gasteiger partial charge < -0.3 is 34.6 Å². The van der Waals surface area contributed by atoms with Crippen molar-refractivity contribution in [3.63, 3.8) is 0 Å². The van der Waals surface area contributed by atoms with E-state index in [-0.39, 0.29) is 24.8 Å². The Balaban J connectivity index is 0.00000323. The molecule has 0 bridgehead atoms. The Morgan fingerprint density at radius 1 is 0.558 bits per heavy atom. The highest BCUT2D eigenvalue weighted by Gasteiger charge is 2.12. The minimum absolute atomic E-state index is 0. The van der Waals surface area contributed by atoms with Crippen molar-refractivity contribution >= 4 is 55.7 Å². The largest absolute Gasteiger partial charge is 1.00 e. The van der Waals surface area contributed by atoms with Gasteiger partial charge in [0.1, 0.15) is 23.8 Å². The molecule has 0 saturated heterocycles. The number of hydrogen-bond donors (Lipinski definition) is 0. The molecule has 232 valence electrons. The van der Waals surface area contributed by atoms with E-state index in [1.807, 2.05) is 23.2 Å². The van der Waals surface area contributed by atoms with E-state index < -0.39 is 0 Å². The minimum atomic E-state index is 0. The average Bonchev–Trinajstić information content (AvgIpc) is 3.68.